The van der Waals surface area contributed by atoms with Crippen molar-refractivity contribution in [2.24, 2.45) is 5.73 Å². The van der Waals surface area contributed by atoms with Crippen LogP contribution in [0.2, 0.25) is 0 Å². The summed E-state index contributed by atoms with van der Waals surface area (Å²) < 4.78 is 0. The molecule has 0 fully saturated rings. The maximum Gasteiger partial charge on any atom is 0.0935 e. The first kappa shape index (κ1) is 15.2. The Morgan fingerprint density at radius 3 is 2.35 bits per heavy atom. The van der Waals surface area contributed by atoms with Crippen LogP contribution in [0.25, 0.3) is 0 Å². The third-order valence-electron chi connectivity index (χ3n) is 3.57. The molecule has 0 bridgehead atoms. The van der Waals surface area contributed by atoms with Crippen LogP contribution in [-0.2, 0) is 11.8 Å². The van der Waals surface area contributed by atoms with Gasteiger partial charge >= 0.3 is 0 Å². The van der Waals surface area contributed by atoms with Crippen LogP contribution in [0.3, 0.4) is 0 Å². The first-order valence-corrected chi connectivity index (χ1v) is 7.99. The van der Waals surface area contributed by atoms with Gasteiger partial charge in [0.25, 0.3) is 0 Å². The van der Waals surface area contributed by atoms with Crippen LogP contribution in [0.1, 0.15) is 48.5 Å². The highest BCUT2D eigenvalue weighted by Gasteiger charge is 2.19. The minimum absolute atomic E-state index is 0.122. The van der Waals surface area contributed by atoms with Gasteiger partial charge in [-0.3, -0.25) is 0 Å². The first-order chi connectivity index (χ1) is 9.40. The van der Waals surface area contributed by atoms with E-state index in [1.54, 1.807) is 11.3 Å². The lowest BCUT2D eigenvalue weighted by atomic mass is 9.93. The maximum atomic E-state index is 5.96. The van der Waals surface area contributed by atoms with Crippen LogP contribution in [-0.4, -0.2) is 11.5 Å². The molecule has 3 heteroatoms. The zero-order valence-electron chi connectivity index (χ0n) is 12.8. The molecular weight excluding hydrogens is 264 g/mol. The Bertz CT molecular complexity index is 549. The van der Waals surface area contributed by atoms with Crippen molar-refractivity contribution in [3.05, 3.63) is 51.5 Å². The predicted octanol–water partition coefficient (Wildman–Crippen LogP) is 4.03. The Morgan fingerprint density at radius 1 is 1.20 bits per heavy atom. The molecule has 108 valence electrons. The summed E-state index contributed by atoms with van der Waals surface area (Å²) in [5, 5.41) is 3.36. The molecule has 0 saturated carbocycles. The largest absolute Gasteiger partial charge is 0.330 e. The van der Waals surface area contributed by atoms with Crippen molar-refractivity contribution >= 4 is 11.3 Å². The van der Waals surface area contributed by atoms with E-state index in [-0.39, 0.29) is 5.41 Å². The molecule has 2 nitrogen and oxygen atoms in total. The average molecular weight is 288 g/mol. The van der Waals surface area contributed by atoms with Crippen molar-refractivity contribution in [3.63, 3.8) is 0 Å². The predicted molar refractivity (Wildman–Crippen MR) is 87.5 cm³/mol. The van der Waals surface area contributed by atoms with E-state index in [1.165, 1.54) is 21.8 Å². The summed E-state index contributed by atoms with van der Waals surface area (Å²) in [4.78, 5) is 4.78. The number of aryl methyl sites for hydroxylation is 1. The lowest BCUT2D eigenvalue weighted by Gasteiger charge is -2.15. The van der Waals surface area contributed by atoms with Crippen molar-refractivity contribution < 1.29 is 0 Å². The first-order valence-electron chi connectivity index (χ1n) is 7.11. The minimum Gasteiger partial charge on any atom is -0.330 e. The highest BCUT2D eigenvalue weighted by atomic mass is 32.1. The monoisotopic (exact) mass is 288 g/mol. The second-order valence-corrected chi connectivity index (χ2v) is 7.37. The molecule has 0 spiro atoms. The molecule has 0 aliphatic carbocycles. The second-order valence-electron chi connectivity index (χ2n) is 6.42. The third-order valence-corrected chi connectivity index (χ3v) is 4.45. The van der Waals surface area contributed by atoms with Crippen molar-refractivity contribution in [2.45, 2.75) is 45.4 Å². The topological polar surface area (TPSA) is 38.9 Å². The lowest BCUT2D eigenvalue weighted by molar-refractivity contribution is 0.568. The molecule has 1 unspecified atom stereocenters. The summed E-state index contributed by atoms with van der Waals surface area (Å²) in [6.45, 7) is 9.37. The van der Waals surface area contributed by atoms with Crippen LogP contribution in [0.4, 0.5) is 0 Å². The molecular formula is C17H24N2S. The van der Waals surface area contributed by atoms with E-state index in [0.29, 0.717) is 12.5 Å². The van der Waals surface area contributed by atoms with Gasteiger partial charge in [0.15, 0.2) is 0 Å². The zero-order chi connectivity index (χ0) is 14.8. The normalized spacial score (nSPS) is 13.4. The SMILES string of the molecule is Cc1ccc(C(CN)Cc2nc(C(C)(C)C)cs2)cc1. The summed E-state index contributed by atoms with van der Waals surface area (Å²) >= 11 is 1.75. The molecule has 20 heavy (non-hydrogen) atoms. The zero-order valence-corrected chi connectivity index (χ0v) is 13.6. The fraction of sp³-hybridized carbons (Fsp3) is 0.471. The summed E-state index contributed by atoms with van der Waals surface area (Å²) in [5.74, 6) is 0.356. The van der Waals surface area contributed by atoms with Gasteiger partial charge in [-0.15, -0.1) is 11.3 Å². The van der Waals surface area contributed by atoms with Gasteiger partial charge in [0.2, 0.25) is 0 Å². The molecule has 0 radical (unpaired) electrons. The van der Waals surface area contributed by atoms with E-state index in [0.717, 1.165) is 6.42 Å². The van der Waals surface area contributed by atoms with Gasteiger partial charge in [-0.2, -0.15) is 0 Å². The lowest BCUT2D eigenvalue weighted by Crippen LogP contribution is -2.16. The number of hydrogen-bond acceptors (Lipinski definition) is 3. The van der Waals surface area contributed by atoms with Gasteiger partial charge in [-0.05, 0) is 19.0 Å². The number of nitrogens with zero attached hydrogens (tertiary/aromatic N) is 1. The van der Waals surface area contributed by atoms with Crippen LogP contribution >= 0.6 is 11.3 Å². The van der Waals surface area contributed by atoms with Gasteiger partial charge in [-0.1, -0.05) is 50.6 Å². The van der Waals surface area contributed by atoms with E-state index in [2.05, 4.69) is 57.3 Å². The fourth-order valence-corrected chi connectivity index (χ4v) is 3.24. The Balaban J connectivity index is 2.14. The average Bonchev–Trinajstić information content (AvgIpc) is 2.85. The van der Waals surface area contributed by atoms with Crippen LogP contribution in [0.15, 0.2) is 29.6 Å². The van der Waals surface area contributed by atoms with Crippen LogP contribution in [0, 0.1) is 6.92 Å². The standard InChI is InChI=1S/C17H24N2S/c1-12-5-7-13(8-6-12)14(10-18)9-16-19-15(11-20-16)17(2,3)4/h5-8,11,14H,9-10,18H2,1-4H3. The number of nitrogens with two attached hydrogens (primary N) is 1. The molecule has 2 aromatic rings. The molecule has 0 aliphatic heterocycles. The van der Waals surface area contributed by atoms with Gasteiger partial charge in [0, 0.05) is 23.1 Å². The molecule has 2 N–H and O–H groups in total. The quantitative estimate of drug-likeness (QED) is 0.922. The molecule has 0 amide bonds. The van der Waals surface area contributed by atoms with Crippen molar-refractivity contribution in [1.82, 2.24) is 4.98 Å². The Labute approximate surface area is 126 Å². The molecule has 1 aromatic carbocycles. The number of benzene rings is 1. The summed E-state index contributed by atoms with van der Waals surface area (Å²) in [6, 6.07) is 8.68. The Morgan fingerprint density at radius 2 is 1.85 bits per heavy atom. The third kappa shape index (κ3) is 3.68. The summed E-state index contributed by atoms with van der Waals surface area (Å²) in [5.41, 5.74) is 9.86. The maximum absolute atomic E-state index is 5.96. The van der Waals surface area contributed by atoms with E-state index in [1.807, 2.05) is 0 Å². The van der Waals surface area contributed by atoms with Crippen LogP contribution < -0.4 is 5.73 Å². The number of hydrogen-bond donors (Lipinski definition) is 1. The molecule has 1 heterocycles. The van der Waals surface area contributed by atoms with Crippen molar-refractivity contribution in [2.75, 3.05) is 6.54 Å². The van der Waals surface area contributed by atoms with Crippen molar-refractivity contribution in [3.8, 4) is 0 Å². The number of aromatic nitrogens is 1. The Kier molecular flexibility index (Phi) is 4.61. The van der Waals surface area contributed by atoms with Gasteiger partial charge < -0.3 is 5.73 Å². The molecule has 0 aliphatic rings. The van der Waals surface area contributed by atoms with E-state index in [4.69, 9.17) is 10.7 Å². The van der Waals surface area contributed by atoms with Gasteiger partial charge in [0.1, 0.15) is 0 Å². The molecule has 2 rings (SSSR count). The fourth-order valence-electron chi connectivity index (χ4n) is 2.14. The van der Waals surface area contributed by atoms with E-state index < -0.39 is 0 Å². The van der Waals surface area contributed by atoms with E-state index >= 15 is 0 Å². The highest BCUT2D eigenvalue weighted by molar-refractivity contribution is 7.09. The second kappa shape index (κ2) is 6.06. The molecule has 1 aromatic heterocycles. The van der Waals surface area contributed by atoms with E-state index in [9.17, 15) is 0 Å². The number of rotatable bonds is 4. The Hall–Kier alpha value is -1.19. The van der Waals surface area contributed by atoms with Crippen LogP contribution in [0.5, 0.6) is 0 Å². The minimum atomic E-state index is 0.122. The molecule has 0 saturated heterocycles. The smallest absolute Gasteiger partial charge is 0.0935 e. The highest BCUT2D eigenvalue weighted by Crippen LogP contribution is 2.27. The van der Waals surface area contributed by atoms with Gasteiger partial charge in [-0.25, -0.2) is 4.98 Å². The molecule has 1 atom stereocenters. The van der Waals surface area contributed by atoms with Gasteiger partial charge in [0.05, 0.1) is 10.7 Å². The van der Waals surface area contributed by atoms with Crippen molar-refractivity contribution in [1.29, 1.82) is 0 Å². The summed E-state index contributed by atoms with van der Waals surface area (Å²) in [7, 11) is 0. The number of thiazole rings is 1. The summed E-state index contributed by atoms with van der Waals surface area (Å²) in [6.07, 6.45) is 0.931.